The maximum absolute atomic E-state index is 11.8. The number of anilines is 1. The molecule has 2 rings (SSSR count). The predicted molar refractivity (Wildman–Crippen MR) is 86.2 cm³/mol. The Kier molecular flexibility index (Phi) is 5.41. The Morgan fingerprint density at radius 1 is 1.36 bits per heavy atom. The van der Waals surface area contributed by atoms with Gasteiger partial charge in [-0.05, 0) is 32.9 Å². The zero-order valence-electron chi connectivity index (χ0n) is 13.2. The van der Waals surface area contributed by atoms with Gasteiger partial charge >= 0.3 is 6.03 Å². The standard InChI is InChI=1S/C16H22N4O2/c1-4-20-11-14(10-18-20)19-16(21)17-9-13(3)22-15-7-5-12(2)6-8-15/h5-8,10-11,13H,4,9H2,1-3H3,(H2,17,19,21). The number of urea groups is 1. The number of carbonyl (C=O) groups is 1. The first-order chi connectivity index (χ1) is 10.6. The summed E-state index contributed by atoms with van der Waals surface area (Å²) in [5, 5.41) is 9.61. The van der Waals surface area contributed by atoms with Crippen molar-refractivity contribution in [1.29, 1.82) is 0 Å². The Balaban J connectivity index is 1.74. The molecule has 118 valence electrons. The molecule has 1 aromatic carbocycles. The first kappa shape index (κ1) is 15.9. The SMILES string of the molecule is CCn1cc(NC(=O)NCC(C)Oc2ccc(C)cc2)cn1. The normalized spacial score (nSPS) is 11.8. The molecule has 0 bridgehead atoms. The number of carbonyl (C=O) groups excluding carboxylic acids is 1. The van der Waals surface area contributed by atoms with Gasteiger partial charge < -0.3 is 15.4 Å². The molecule has 0 radical (unpaired) electrons. The summed E-state index contributed by atoms with van der Waals surface area (Å²) in [6.45, 7) is 7.11. The first-order valence-electron chi connectivity index (χ1n) is 7.37. The third kappa shape index (κ3) is 4.80. The van der Waals surface area contributed by atoms with Gasteiger partial charge in [0.05, 0.1) is 18.4 Å². The van der Waals surface area contributed by atoms with Gasteiger partial charge in [0.15, 0.2) is 0 Å². The van der Waals surface area contributed by atoms with Gasteiger partial charge in [-0.2, -0.15) is 5.10 Å². The molecule has 1 unspecified atom stereocenters. The fourth-order valence-electron chi connectivity index (χ4n) is 1.90. The zero-order valence-corrected chi connectivity index (χ0v) is 13.2. The molecular formula is C16H22N4O2. The number of rotatable bonds is 6. The Bertz CT molecular complexity index is 607. The number of hydrogen-bond donors (Lipinski definition) is 2. The van der Waals surface area contributed by atoms with Crippen LogP contribution < -0.4 is 15.4 Å². The van der Waals surface area contributed by atoms with Gasteiger partial charge in [-0.25, -0.2) is 4.79 Å². The molecule has 1 heterocycles. The molecule has 0 saturated carbocycles. The molecule has 0 spiro atoms. The summed E-state index contributed by atoms with van der Waals surface area (Å²) in [7, 11) is 0. The minimum Gasteiger partial charge on any atom is -0.489 e. The molecule has 6 heteroatoms. The van der Waals surface area contributed by atoms with E-state index < -0.39 is 0 Å². The van der Waals surface area contributed by atoms with Crippen molar-refractivity contribution in [3.05, 3.63) is 42.2 Å². The highest BCUT2D eigenvalue weighted by molar-refractivity contribution is 5.88. The van der Waals surface area contributed by atoms with Crippen LogP contribution in [0.4, 0.5) is 10.5 Å². The Morgan fingerprint density at radius 3 is 2.73 bits per heavy atom. The minimum atomic E-state index is -0.269. The summed E-state index contributed by atoms with van der Waals surface area (Å²) in [5.74, 6) is 0.796. The van der Waals surface area contributed by atoms with Crippen molar-refractivity contribution in [3.63, 3.8) is 0 Å². The average Bonchev–Trinajstić information content (AvgIpc) is 2.95. The average molecular weight is 302 g/mol. The first-order valence-corrected chi connectivity index (χ1v) is 7.37. The topological polar surface area (TPSA) is 68.2 Å². The number of benzene rings is 1. The second kappa shape index (κ2) is 7.49. The Hall–Kier alpha value is -2.50. The van der Waals surface area contributed by atoms with Gasteiger partial charge in [-0.3, -0.25) is 4.68 Å². The van der Waals surface area contributed by atoms with Crippen molar-refractivity contribution in [2.24, 2.45) is 0 Å². The van der Waals surface area contributed by atoms with Crippen LogP contribution >= 0.6 is 0 Å². The summed E-state index contributed by atoms with van der Waals surface area (Å²) in [4.78, 5) is 11.8. The van der Waals surface area contributed by atoms with Crippen LogP contribution in [0.1, 0.15) is 19.4 Å². The van der Waals surface area contributed by atoms with E-state index in [9.17, 15) is 4.79 Å². The molecule has 2 N–H and O–H groups in total. The number of nitrogens with one attached hydrogen (secondary N) is 2. The molecule has 6 nitrogen and oxygen atoms in total. The molecule has 0 saturated heterocycles. The second-order valence-corrected chi connectivity index (χ2v) is 5.16. The highest BCUT2D eigenvalue weighted by atomic mass is 16.5. The summed E-state index contributed by atoms with van der Waals surface area (Å²) >= 11 is 0. The van der Waals surface area contributed by atoms with E-state index in [1.807, 2.05) is 45.0 Å². The van der Waals surface area contributed by atoms with Crippen molar-refractivity contribution >= 4 is 11.7 Å². The van der Waals surface area contributed by atoms with Gasteiger partial charge in [0.2, 0.25) is 0 Å². The van der Waals surface area contributed by atoms with E-state index in [4.69, 9.17) is 4.74 Å². The molecule has 22 heavy (non-hydrogen) atoms. The predicted octanol–water partition coefficient (Wildman–Crippen LogP) is 2.80. The van der Waals surface area contributed by atoms with Crippen LogP contribution in [0.3, 0.4) is 0 Å². The quantitative estimate of drug-likeness (QED) is 0.862. The maximum atomic E-state index is 11.8. The van der Waals surface area contributed by atoms with E-state index in [1.165, 1.54) is 5.56 Å². The molecule has 0 aliphatic carbocycles. The molecule has 0 fully saturated rings. The third-order valence-corrected chi connectivity index (χ3v) is 3.12. The number of hydrogen-bond acceptors (Lipinski definition) is 3. The van der Waals surface area contributed by atoms with Crippen molar-refractivity contribution in [1.82, 2.24) is 15.1 Å². The monoisotopic (exact) mass is 302 g/mol. The van der Waals surface area contributed by atoms with Gasteiger partial charge in [-0.15, -0.1) is 0 Å². The van der Waals surface area contributed by atoms with Crippen molar-refractivity contribution in [3.8, 4) is 5.75 Å². The van der Waals surface area contributed by atoms with Crippen LogP contribution in [0.15, 0.2) is 36.7 Å². The van der Waals surface area contributed by atoms with E-state index in [0.717, 1.165) is 12.3 Å². The lowest BCUT2D eigenvalue weighted by Gasteiger charge is -2.15. The number of amides is 2. The van der Waals surface area contributed by atoms with Gasteiger partial charge in [0, 0.05) is 12.7 Å². The van der Waals surface area contributed by atoms with Gasteiger partial charge in [0.1, 0.15) is 11.9 Å². The summed E-state index contributed by atoms with van der Waals surface area (Å²) in [5.41, 5.74) is 1.86. The lowest BCUT2D eigenvalue weighted by Crippen LogP contribution is -2.36. The minimum absolute atomic E-state index is 0.119. The summed E-state index contributed by atoms with van der Waals surface area (Å²) < 4.78 is 7.48. The fraction of sp³-hybridized carbons (Fsp3) is 0.375. The van der Waals surface area contributed by atoms with Crippen LogP contribution in [-0.4, -0.2) is 28.5 Å². The highest BCUT2D eigenvalue weighted by Gasteiger charge is 2.08. The fourth-order valence-corrected chi connectivity index (χ4v) is 1.90. The van der Waals surface area contributed by atoms with Crippen molar-refractivity contribution in [2.75, 3.05) is 11.9 Å². The highest BCUT2D eigenvalue weighted by Crippen LogP contribution is 2.13. The number of nitrogens with zero attached hydrogens (tertiary/aromatic N) is 2. The number of ether oxygens (including phenoxy) is 1. The van der Waals surface area contributed by atoms with E-state index in [1.54, 1.807) is 17.1 Å². The van der Waals surface area contributed by atoms with Crippen molar-refractivity contribution < 1.29 is 9.53 Å². The lowest BCUT2D eigenvalue weighted by atomic mass is 10.2. The molecule has 2 aromatic rings. The van der Waals surface area contributed by atoms with Gasteiger partial charge in [0.25, 0.3) is 0 Å². The van der Waals surface area contributed by atoms with Crippen LogP contribution in [0, 0.1) is 6.92 Å². The number of aromatic nitrogens is 2. The van der Waals surface area contributed by atoms with Crippen LogP contribution in [-0.2, 0) is 6.54 Å². The molecule has 1 aromatic heterocycles. The Morgan fingerprint density at radius 2 is 2.09 bits per heavy atom. The van der Waals surface area contributed by atoms with Crippen LogP contribution in [0.25, 0.3) is 0 Å². The van der Waals surface area contributed by atoms with E-state index in [0.29, 0.717) is 12.2 Å². The van der Waals surface area contributed by atoms with Crippen molar-refractivity contribution in [2.45, 2.75) is 33.4 Å². The second-order valence-electron chi connectivity index (χ2n) is 5.16. The third-order valence-electron chi connectivity index (χ3n) is 3.12. The van der Waals surface area contributed by atoms with E-state index in [-0.39, 0.29) is 12.1 Å². The van der Waals surface area contributed by atoms with Crippen LogP contribution in [0.5, 0.6) is 5.75 Å². The van der Waals surface area contributed by atoms with E-state index >= 15 is 0 Å². The summed E-state index contributed by atoms with van der Waals surface area (Å²) in [6.07, 6.45) is 3.29. The number of aryl methyl sites for hydroxylation is 2. The molecule has 0 aliphatic heterocycles. The Labute approximate surface area is 130 Å². The largest absolute Gasteiger partial charge is 0.489 e. The van der Waals surface area contributed by atoms with E-state index in [2.05, 4.69) is 15.7 Å². The zero-order chi connectivity index (χ0) is 15.9. The molecule has 0 aliphatic rings. The lowest BCUT2D eigenvalue weighted by molar-refractivity contribution is 0.212. The smallest absolute Gasteiger partial charge is 0.319 e. The van der Waals surface area contributed by atoms with Crippen LogP contribution in [0.2, 0.25) is 0 Å². The molecular weight excluding hydrogens is 280 g/mol. The molecule has 1 atom stereocenters. The molecule has 2 amide bonds. The van der Waals surface area contributed by atoms with Gasteiger partial charge in [-0.1, -0.05) is 17.7 Å². The maximum Gasteiger partial charge on any atom is 0.319 e. The summed E-state index contributed by atoms with van der Waals surface area (Å²) in [6, 6.07) is 7.56.